The molecule has 1 N–H and O–H groups in total. The van der Waals surface area contributed by atoms with Crippen molar-refractivity contribution >= 4 is 5.65 Å². The van der Waals surface area contributed by atoms with Gasteiger partial charge in [-0.05, 0) is 18.6 Å². The zero-order valence-corrected chi connectivity index (χ0v) is 8.06. The summed E-state index contributed by atoms with van der Waals surface area (Å²) >= 11 is 0. The summed E-state index contributed by atoms with van der Waals surface area (Å²) in [6, 6.07) is 4.90. The number of rotatable bonds is 0. The van der Waals surface area contributed by atoms with Crippen LogP contribution in [-0.2, 0) is 7.05 Å². The highest BCUT2D eigenvalue weighted by atomic mass is 16.3. The predicted octanol–water partition coefficient (Wildman–Crippen LogP) is 0.138. The van der Waals surface area contributed by atoms with E-state index in [-0.39, 0.29) is 11.4 Å². The molecule has 0 unspecified atom stereocenters. The molecule has 4 nitrogen and oxygen atoms in total. The van der Waals surface area contributed by atoms with E-state index >= 15 is 0 Å². The molecule has 2 rings (SSSR count). The minimum absolute atomic E-state index is 0.0288. The zero-order valence-electron chi connectivity index (χ0n) is 8.06. The second kappa shape index (κ2) is 2.83. The van der Waals surface area contributed by atoms with Crippen LogP contribution in [0.3, 0.4) is 0 Å². The molecule has 0 aliphatic carbocycles. The second-order valence-corrected chi connectivity index (χ2v) is 3.33. The van der Waals surface area contributed by atoms with Crippen LogP contribution < -0.4 is 10.1 Å². The van der Waals surface area contributed by atoms with E-state index in [1.165, 1.54) is 10.5 Å². The van der Waals surface area contributed by atoms with Crippen LogP contribution in [0.15, 0.2) is 29.2 Å². The van der Waals surface area contributed by atoms with Gasteiger partial charge in [0.2, 0.25) is 0 Å². The monoisotopic (exact) mass is 191 g/mol. The number of aromatic hydroxyl groups is 1. The maximum absolute atomic E-state index is 11.5. The third-order valence-corrected chi connectivity index (χ3v) is 2.25. The van der Waals surface area contributed by atoms with Gasteiger partial charge in [-0.3, -0.25) is 0 Å². The first-order chi connectivity index (χ1) is 6.59. The van der Waals surface area contributed by atoms with Gasteiger partial charge in [0, 0.05) is 6.07 Å². The summed E-state index contributed by atoms with van der Waals surface area (Å²) in [4.78, 5) is 11.5. The molecule has 0 aliphatic rings. The Morgan fingerprint density at radius 3 is 2.86 bits per heavy atom. The topological polar surface area (TPSA) is 45.6 Å². The predicted molar refractivity (Wildman–Crippen MR) is 51.2 cm³/mol. The Labute approximate surface area is 80.7 Å². The standard InChI is InChI=1S/C10H10N2O2/c1-7-3-4-8-11(2)9(13)5-10(14)12(8)6-7/h3-6H,1-2H3/p+1. The average Bonchev–Trinajstić information content (AvgIpc) is 2.14. The van der Waals surface area contributed by atoms with Crippen LogP contribution in [0.2, 0.25) is 0 Å². The van der Waals surface area contributed by atoms with Crippen LogP contribution in [-0.4, -0.2) is 9.51 Å². The van der Waals surface area contributed by atoms with Crippen LogP contribution in [0, 0.1) is 6.92 Å². The number of fused-ring (bicyclic) bond motifs is 1. The van der Waals surface area contributed by atoms with Gasteiger partial charge in [-0.15, -0.1) is 0 Å². The van der Waals surface area contributed by atoms with Crippen LogP contribution in [0.4, 0.5) is 0 Å². The molecule has 0 fully saturated rings. The van der Waals surface area contributed by atoms with Gasteiger partial charge >= 0.3 is 5.56 Å². The Morgan fingerprint density at radius 2 is 2.14 bits per heavy atom. The first-order valence-electron chi connectivity index (χ1n) is 4.30. The summed E-state index contributed by atoms with van der Waals surface area (Å²) in [7, 11) is 1.71. The van der Waals surface area contributed by atoms with E-state index in [4.69, 9.17) is 0 Å². The highest BCUT2D eigenvalue weighted by Crippen LogP contribution is 2.02. The largest absolute Gasteiger partial charge is 0.478 e. The normalized spacial score (nSPS) is 10.7. The van der Waals surface area contributed by atoms with Crippen LogP contribution in [0.5, 0.6) is 5.88 Å². The number of aromatic nitrogens is 2. The van der Waals surface area contributed by atoms with Gasteiger partial charge < -0.3 is 5.11 Å². The minimum atomic E-state index is -0.223. The molecule has 0 amide bonds. The summed E-state index contributed by atoms with van der Waals surface area (Å²) in [6.07, 6.45) is 1.75. The third-order valence-electron chi connectivity index (χ3n) is 2.25. The second-order valence-electron chi connectivity index (χ2n) is 3.33. The van der Waals surface area contributed by atoms with Gasteiger partial charge in [-0.1, -0.05) is 0 Å². The van der Waals surface area contributed by atoms with E-state index in [1.54, 1.807) is 23.9 Å². The van der Waals surface area contributed by atoms with Crippen molar-refractivity contribution in [3.8, 4) is 5.88 Å². The lowest BCUT2D eigenvalue weighted by Gasteiger charge is -2.00. The van der Waals surface area contributed by atoms with Crippen LogP contribution in [0.25, 0.3) is 5.65 Å². The van der Waals surface area contributed by atoms with Crippen molar-refractivity contribution < 1.29 is 9.67 Å². The quantitative estimate of drug-likeness (QED) is 0.602. The van der Waals surface area contributed by atoms with Crippen molar-refractivity contribution in [1.82, 2.24) is 4.40 Å². The highest BCUT2D eigenvalue weighted by Gasteiger charge is 2.11. The van der Waals surface area contributed by atoms with Crippen LogP contribution in [0.1, 0.15) is 5.56 Å². The summed E-state index contributed by atoms with van der Waals surface area (Å²) in [5.74, 6) is -0.0288. The molecular formula is C10H11N2O2+. The van der Waals surface area contributed by atoms with Crippen molar-refractivity contribution in [3.05, 3.63) is 40.3 Å². The van der Waals surface area contributed by atoms with E-state index in [0.29, 0.717) is 5.65 Å². The van der Waals surface area contributed by atoms with E-state index in [2.05, 4.69) is 0 Å². The Balaban J connectivity index is 3.02. The maximum atomic E-state index is 11.5. The number of pyridine rings is 1. The van der Waals surface area contributed by atoms with Gasteiger partial charge in [0.15, 0.2) is 0 Å². The SMILES string of the molecule is Cc1ccc2n(c1)c(=O)cc(O)[n+]2C. The summed E-state index contributed by atoms with van der Waals surface area (Å²) < 4.78 is 3.07. The van der Waals surface area contributed by atoms with Gasteiger partial charge in [0.1, 0.15) is 12.3 Å². The Kier molecular flexibility index (Phi) is 1.77. The summed E-state index contributed by atoms with van der Waals surface area (Å²) in [5, 5.41) is 9.42. The zero-order chi connectivity index (χ0) is 10.3. The lowest BCUT2D eigenvalue weighted by atomic mass is 10.3. The molecule has 2 heterocycles. The number of hydrogen-bond acceptors (Lipinski definition) is 2. The first kappa shape index (κ1) is 8.74. The molecule has 14 heavy (non-hydrogen) atoms. The van der Waals surface area contributed by atoms with Crippen molar-refractivity contribution in [2.45, 2.75) is 6.92 Å². The molecule has 0 radical (unpaired) electrons. The lowest BCUT2D eigenvalue weighted by Crippen LogP contribution is -2.35. The molecule has 0 aromatic carbocycles. The molecule has 0 spiro atoms. The molecule has 72 valence electrons. The van der Waals surface area contributed by atoms with Crippen molar-refractivity contribution in [3.63, 3.8) is 0 Å². The molecule has 0 bridgehead atoms. The van der Waals surface area contributed by atoms with Crippen molar-refractivity contribution in [2.24, 2.45) is 7.05 Å². The molecule has 0 atom stereocenters. The van der Waals surface area contributed by atoms with E-state index in [1.807, 2.05) is 13.0 Å². The molecule has 0 saturated carbocycles. The Bertz CT molecular complexity index is 558. The molecule has 2 aromatic heterocycles. The Morgan fingerprint density at radius 1 is 1.43 bits per heavy atom. The fourth-order valence-electron chi connectivity index (χ4n) is 1.44. The van der Waals surface area contributed by atoms with E-state index < -0.39 is 0 Å². The van der Waals surface area contributed by atoms with Crippen molar-refractivity contribution in [1.29, 1.82) is 0 Å². The van der Waals surface area contributed by atoms with E-state index in [0.717, 1.165) is 5.56 Å². The minimum Gasteiger partial charge on any atom is -0.478 e. The summed E-state index contributed by atoms with van der Waals surface area (Å²) in [5.41, 5.74) is 1.45. The number of aryl methyl sites for hydroxylation is 2. The lowest BCUT2D eigenvalue weighted by molar-refractivity contribution is -0.655. The molecule has 2 aromatic rings. The van der Waals surface area contributed by atoms with Crippen LogP contribution >= 0.6 is 0 Å². The maximum Gasteiger partial charge on any atom is 0.346 e. The Hall–Kier alpha value is -1.84. The fraction of sp³-hybridized carbons (Fsp3) is 0.200. The first-order valence-corrected chi connectivity index (χ1v) is 4.30. The van der Waals surface area contributed by atoms with Crippen molar-refractivity contribution in [2.75, 3.05) is 0 Å². The number of hydrogen-bond donors (Lipinski definition) is 1. The molecular weight excluding hydrogens is 180 g/mol. The molecule has 0 aliphatic heterocycles. The van der Waals surface area contributed by atoms with E-state index in [9.17, 15) is 9.90 Å². The summed E-state index contributed by atoms with van der Waals surface area (Å²) in [6.45, 7) is 1.92. The van der Waals surface area contributed by atoms with Gasteiger partial charge in [0.05, 0.1) is 7.05 Å². The molecule has 4 heteroatoms. The fourth-order valence-corrected chi connectivity index (χ4v) is 1.44. The highest BCUT2D eigenvalue weighted by molar-refractivity contribution is 5.34. The van der Waals surface area contributed by atoms with Gasteiger partial charge in [0.25, 0.3) is 11.5 Å². The smallest absolute Gasteiger partial charge is 0.346 e. The molecule has 0 saturated heterocycles. The van der Waals surface area contributed by atoms with Gasteiger partial charge in [-0.25, -0.2) is 4.79 Å². The third kappa shape index (κ3) is 1.16. The number of nitrogens with zero attached hydrogens (tertiary/aromatic N) is 2. The average molecular weight is 191 g/mol. The van der Waals surface area contributed by atoms with Gasteiger partial charge in [-0.2, -0.15) is 8.97 Å².